The second-order valence-electron chi connectivity index (χ2n) is 2.37. The summed E-state index contributed by atoms with van der Waals surface area (Å²) in [5.74, 6) is 0. The Morgan fingerprint density at radius 3 is 2.69 bits per heavy atom. The van der Waals surface area contributed by atoms with Gasteiger partial charge in [-0.3, -0.25) is 4.98 Å². The maximum Gasteiger partial charge on any atom is 0.105 e. The number of hydrogen-bond donors (Lipinski definition) is 0. The number of hydrogen-bond acceptors (Lipinski definition) is 2. The van der Waals surface area contributed by atoms with Crippen LogP contribution >= 0.6 is 0 Å². The quantitative estimate of drug-likeness (QED) is 0.737. The summed E-state index contributed by atoms with van der Waals surface area (Å²) in [6.45, 7) is 0. The molecule has 0 amide bonds. The number of aromatic nitrogens is 2. The molecule has 0 fully saturated rings. The van der Waals surface area contributed by atoms with E-state index in [0.29, 0.717) is 0 Å². The van der Waals surface area contributed by atoms with E-state index in [9.17, 15) is 0 Å². The molecule has 3 heteroatoms. The minimum atomic E-state index is 0. The maximum absolute atomic E-state index is 4.11. The molecule has 0 saturated heterocycles. The van der Waals surface area contributed by atoms with Crippen LogP contribution in [0.3, 0.4) is 0 Å². The van der Waals surface area contributed by atoms with Crippen molar-refractivity contribution in [2.75, 3.05) is 0 Å². The van der Waals surface area contributed by atoms with Gasteiger partial charge in [0.25, 0.3) is 0 Å². The Hall–Kier alpha value is -1.05. The molecule has 0 atom stereocenters. The van der Waals surface area contributed by atoms with E-state index in [2.05, 4.69) is 16.0 Å². The molecule has 0 spiro atoms. The van der Waals surface area contributed by atoms with Crippen LogP contribution in [0.2, 0.25) is 0 Å². The van der Waals surface area contributed by atoms with Gasteiger partial charge in [-0.1, -0.05) is 6.07 Å². The SMILES string of the molecule is [Ir].[c-]1ccccc1-c1ccncn1. The predicted octanol–water partition coefficient (Wildman–Crippen LogP) is 1.94. The molecule has 0 N–H and O–H groups in total. The first-order valence-corrected chi connectivity index (χ1v) is 3.70. The smallest absolute Gasteiger partial charge is 0.105 e. The molecule has 0 aliphatic rings. The van der Waals surface area contributed by atoms with E-state index in [4.69, 9.17) is 0 Å². The van der Waals surface area contributed by atoms with Crippen molar-refractivity contribution >= 4 is 0 Å². The van der Waals surface area contributed by atoms with Gasteiger partial charge < -0.3 is 0 Å². The standard InChI is InChI=1S/C10H7N2.Ir/c1-2-4-9(5-3-1)10-6-7-11-8-12-10;/h1-4,6-8H;/q-1;. The Bertz CT molecular complexity index is 310. The average Bonchev–Trinajstić information content (AvgIpc) is 2.21. The molecule has 1 radical (unpaired) electrons. The van der Waals surface area contributed by atoms with Gasteiger partial charge in [0, 0.05) is 26.3 Å². The predicted molar refractivity (Wildman–Crippen MR) is 46.3 cm³/mol. The van der Waals surface area contributed by atoms with Crippen LogP contribution in [0.15, 0.2) is 42.9 Å². The van der Waals surface area contributed by atoms with Gasteiger partial charge in [-0.25, -0.2) is 4.98 Å². The van der Waals surface area contributed by atoms with E-state index in [1.165, 1.54) is 6.33 Å². The van der Waals surface area contributed by atoms with Gasteiger partial charge >= 0.3 is 0 Å². The number of nitrogens with zero attached hydrogens (tertiary/aromatic N) is 2. The van der Waals surface area contributed by atoms with E-state index in [-0.39, 0.29) is 20.1 Å². The number of rotatable bonds is 1. The maximum atomic E-state index is 4.11. The summed E-state index contributed by atoms with van der Waals surface area (Å²) in [6, 6.07) is 12.7. The monoisotopic (exact) mass is 348 g/mol. The Kier molecular flexibility index (Phi) is 3.74. The summed E-state index contributed by atoms with van der Waals surface area (Å²) in [4.78, 5) is 7.95. The van der Waals surface area contributed by atoms with Crippen LogP contribution in [0.25, 0.3) is 11.3 Å². The van der Waals surface area contributed by atoms with Crippen LogP contribution < -0.4 is 0 Å². The number of benzene rings is 1. The summed E-state index contributed by atoms with van der Waals surface area (Å²) in [7, 11) is 0. The zero-order valence-electron chi connectivity index (χ0n) is 6.77. The van der Waals surface area contributed by atoms with E-state index in [1.54, 1.807) is 6.20 Å². The molecule has 1 aromatic heterocycles. The zero-order chi connectivity index (χ0) is 8.23. The van der Waals surface area contributed by atoms with Gasteiger partial charge in [0.2, 0.25) is 0 Å². The van der Waals surface area contributed by atoms with Gasteiger partial charge in [-0.15, -0.1) is 35.9 Å². The van der Waals surface area contributed by atoms with E-state index < -0.39 is 0 Å². The second kappa shape index (κ2) is 4.85. The van der Waals surface area contributed by atoms with Crippen molar-refractivity contribution in [1.82, 2.24) is 9.97 Å². The molecule has 1 aromatic carbocycles. The second-order valence-corrected chi connectivity index (χ2v) is 2.37. The largest absolute Gasteiger partial charge is 0.286 e. The normalized spacial score (nSPS) is 8.92. The van der Waals surface area contributed by atoms with Crippen LogP contribution in [0.1, 0.15) is 0 Å². The zero-order valence-corrected chi connectivity index (χ0v) is 9.16. The average molecular weight is 347 g/mol. The van der Waals surface area contributed by atoms with Crippen molar-refractivity contribution in [1.29, 1.82) is 0 Å². The fourth-order valence-corrected chi connectivity index (χ4v) is 1.00. The van der Waals surface area contributed by atoms with Gasteiger partial charge in [0.15, 0.2) is 0 Å². The molecule has 13 heavy (non-hydrogen) atoms. The van der Waals surface area contributed by atoms with Crippen molar-refractivity contribution in [3.63, 3.8) is 0 Å². The van der Waals surface area contributed by atoms with Gasteiger partial charge in [-0.2, -0.15) is 0 Å². The van der Waals surface area contributed by atoms with Crippen molar-refractivity contribution in [3.05, 3.63) is 48.9 Å². The van der Waals surface area contributed by atoms with Crippen molar-refractivity contribution in [2.24, 2.45) is 0 Å². The Morgan fingerprint density at radius 1 is 1.15 bits per heavy atom. The van der Waals surface area contributed by atoms with Gasteiger partial charge in [0.05, 0.1) is 0 Å². The summed E-state index contributed by atoms with van der Waals surface area (Å²) in [5, 5.41) is 0. The first kappa shape index (κ1) is 10.0. The Morgan fingerprint density at radius 2 is 2.08 bits per heavy atom. The van der Waals surface area contributed by atoms with Crippen LogP contribution in [0, 0.1) is 6.07 Å². The van der Waals surface area contributed by atoms with Gasteiger partial charge in [-0.05, 0) is 5.69 Å². The van der Waals surface area contributed by atoms with Crippen LogP contribution in [-0.4, -0.2) is 9.97 Å². The van der Waals surface area contributed by atoms with Gasteiger partial charge in [0.1, 0.15) is 6.33 Å². The molecule has 0 aliphatic carbocycles. The third-order valence-corrected chi connectivity index (χ3v) is 1.57. The molecule has 2 aromatic rings. The first-order valence-electron chi connectivity index (χ1n) is 3.70. The minimum Gasteiger partial charge on any atom is -0.286 e. The Balaban J connectivity index is 0.000000845. The first-order chi connectivity index (χ1) is 5.97. The van der Waals surface area contributed by atoms with Crippen molar-refractivity contribution in [3.8, 4) is 11.3 Å². The molecule has 0 saturated carbocycles. The molecular weight excluding hydrogens is 340 g/mol. The van der Waals surface area contributed by atoms with Crippen molar-refractivity contribution < 1.29 is 20.1 Å². The molecular formula is C10H7IrN2-. The third kappa shape index (κ3) is 2.44. The molecule has 2 nitrogen and oxygen atoms in total. The fraction of sp³-hybridized carbons (Fsp3) is 0. The molecule has 2 rings (SSSR count). The topological polar surface area (TPSA) is 25.8 Å². The van der Waals surface area contributed by atoms with E-state index >= 15 is 0 Å². The minimum absolute atomic E-state index is 0. The molecule has 0 bridgehead atoms. The fourth-order valence-electron chi connectivity index (χ4n) is 1.00. The van der Waals surface area contributed by atoms with Crippen LogP contribution in [-0.2, 0) is 20.1 Å². The molecule has 0 unspecified atom stereocenters. The summed E-state index contributed by atoms with van der Waals surface area (Å²) in [5.41, 5.74) is 1.91. The van der Waals surface area contributed by atoms with E-state index in [1.807, 2.05) is 30.3 Å². The Labute approximate surface area is 90.4 Å². The van der Waals surface area contributed by atoms with Crippen molar-refractivity contribution in [2.45, 2.75) is 0 Å². The molecule has 1 heterocycles. The summed E-state index contributed by atoms with van der Waals surface area (Å²) >= 11 is 0. The van der Waals surface area contributed by atoms with Crippen LogP contribution in [0.5, 0.6) is 0 Å². The molecule has 67 valence electrons. The third-order valence-electron chi connectivity index (χ3n) is 1.57. The van der Waals surface area contributed by atoms with Crippen LogP contribution in [0.4, 0.5) is 0 Å². The summed E-state index contributed by atoms with van der Waals surface area (Å²) in [6.07, 6.45) is 3.26. The summed E-state index contributed by atoms with van der Waals surface area (Å²) < 4.78 is 0. The van der Waals surface area contributed by atoms with E-state index in [0.717, 1.165) is 11.3 Å². The molecule has 0 aliphatic heterocycles.